The van der Waals surface area contributed by atoms with E-state index in [-0.39, 0.29) is 0 Å². The lowest BCUT2D eigenvalue weighted by atomic mass is 9.93. The molecule has 0 bridgehead atoms. The van der Waals surface area contributed by atoms with Crippen LogP contribution in [-0.2, 0) is 13.1 Å². The summed E-state index contributed by atoms with van der Waals surface area (Å²) >= 11 is 0. The highest BCUT2D eigenvalue weighted by atomic mass is 31.0. The molecule has 0 saturated heterocycles. The first kappa shape index (κ1) is 7.33. The van der Waals surface area contributed by atoms with Crippen molar-refractivity contribution in [1.82, 2.24) is 4.67 Å². The monoisotopic (exact) mass is 161 g/mol. The van der Waals surface area contributed by atoms with E-state index < -0.39 is 0 Å². The molecule has 1 heterocycles. The van der Waals surface area contributed by atoms with E-state index in [1.54, 1.807) is 0 Å². The van der Waals surface area contributed by atoms with Gasteiger partial charge in [0.2, 0.25) is 0 Å². The van der Waals surface area contributed by atoms with Crippen LogP contribution in [0.1, 0.15) is 11.1 Å². The summed E-state index contributed by atoms with van der Waals surface area (Å²) in [5.41, 5.74) is 3.62. The van der Waals surface area contributed by atoms with Crippen LogP contribution in [0.3, 0.4) is 0 Å². The molecule has 54 valence electrons. The first-order valence-corrected chi connectivity index (χ1v) is 4.14. The molecule has 0 spiro atoms. The Labute approximate surface area is 70.5 Å². The third-order valence-electron chi connectivity index (χ3n) is 1.98. The van der Waals surface area contributed by atoms with Crippen molar-refractivity contribution >= 4 is 22.7 Å². The van der Waals surface area contributed by atoms with Crippen LogP contribution < -0.4 is 5.46 Å². The minimum absolute atomic E-state index is 0.865. The summed E-state index contributed by atoms with van der Waals surface area (Å²) < 4.78 is 2.20. The molecule has 1 nitrogen and oxygen atoms in total. The van der Waals surface area contributed by atoms with Crippen LogP contribution >= 0.6 is 9.39 Å². The van der Waals surface area contributed by atoms with Gasteiger partial charge in [-0.25, -0.2) is 0 Å². The Morgan fingerprint density at radius 3 is 2.82 bits per heavy atom. The van der Waals surface area contributed by atoms with Crippen LogP contribution in [0.5, 0.6) is 0 Å². The third kappa shape index (κ3) is 1.33. The fourth-order valence-electron chi connectivity index (χ4n) is 1.44. The van der Waals surface area contributed by atoms with Gasteiger partial charge in [-0.1, -0.05) is 33.1 Å². The molecular formula is C8H9BNP. The highest BCUT2D eigenvalue weighted by Gasteiger charge is 2.14. The van der Waals surface area contributed by atoms with Crippen molar-refractivity contribution in [2.75, 3.05) is 0 Å². The van der Waals surface area contributed by atoms with Crippen molar-refractivity contribution < 1.29 is 0 Å². The van der Waals surface area contributed by atoms with Crippen molar-refractivity contribution in [1.29, 1.82) is 0 Å². The molecular weight excluding hydrogens is 152 g/mol. The lowest BCUT2D eigenvalue weighted by Crippen LogP contribution is -2.02. The molecule has 0 saturated carbocycles. The van der Waals surface area contributed by atoms with E-state index in [0.29, 0.717) is 0 Å². The summed E-state index contributed by atoms with van der Waals surface area (Å²) in [5.74, 6) is 0. The average molecular weight is 161 g/mol. The highest BCUT2D eigenvalue weighted by Crippen LogP contribution is 2.23. The largest absolute Gasteiger partial charge is 0.279 e. The number of fused-ring (bicyclic) bond motifs is 1. The van der Waals surface area contributed by atoms with Gasteiger partial charge in [-0.2, -0.15) is 0 Å². The lowest BCUT2D eigenvalue weighted by molar-refractivity contribution is 0.508. The minimum atomic E-state index is 0.865. The van der Waals surface area contributed by atoms with Crippen LogP contribution in [-0.4, -0.2) is 12.5 Å². The second kappa shape index (κ2) is 2.62. The van der Waals surface area contributed by atoms with Crippen molar-refractivity contribution in [2.45, 2.75) is 13.1 Å². The molecule has 1 atom stereocenters. The number of nitrogens with zero attached hydrogens (tertiary/aromatic N) is 1. The van der Waals surface area contributed by atoms with Gasteiger partial charge in [-0.05, 0) is 11.1 Å². The van der Waals surface area contributed by atoms with Crippen LogP contribution in [0.25, 0.3) is 0 Å². The van der Waals surface area contributed by atoms with Gasteiger partial charge in [-0.3, -0.25) is 4.67 Å². The minimum Gasteiger partial charge on any atom is -0.279 e. The van der Waals surface area contributed by atoms with E-state index in [1.807, 2.05) is 6.07 Å². The fourth-order valence-corrected chi connectivity index (χ4v) is 1.83. The zero-order chi connectivity index (χ0) is 7.84. The number of hydrogen-bond acceptors (Lipinski definition) is 1. The van der Waals surface area contributed by atoms with Gasteiger partial charge in [0, 0.05) is 13.1 Å². The van der Waals surface area contributed by atoms with Gasteiger partial charge in [0.1, 0.15) is 7.85 Å². The summed E-state index contributed by atoms with van der Waals surface area (Å²) in [6.45, 7) is 2.03. The summed E-state index contributed by atoms with van der Waals surface area (Å²) in [4.78, 5) is 0. The number of rotatable bonds is 0. The Bertz CT molecular complexity index is 287. The van der Waals surface area contributed by atoms with Crippen LogP contribution in [0.4, 0.5) is 0 Å². The second-order valence-electron chi connectivity index (χ2n) is 2.93. The Kier molecular flexibility index (Phi) is 1.75. The summed E-state index contributed by atoms with van der Waals surface area (Å²) in [6, 6.07) is 6.12. The predicted octanol–water partition coefficient (Wildman–Crippen LogP) is 0.586. The molecule has 0 aliphatic carbocycles. The molecule has 0 fully saturated rings. The van der Waals surface area contributed by atoms with Crippen LogP contribution in [0, 0.1) is 0 Å². The van der Waals surface area contributed by atoms with Crippen LogP contribution in [0.15, 0.2) is 18.2 Å². The predicted molar refractivity (Wildman–Crippen MR) is 50.8 cm³/mol. The standard InChI is InChI=1S/C8H9BNP/c9-8-2-1-6-4-10(11)5-7(6)3-8/h1-3H,4-5,11H2. The van der Waals surface area contributed by atoms with E-state index in [2.05, 4.69) is 26.2 Å². The van der Waals surface area contributed by atoms with E-state index in [9.17, 15) is 0 Å². The molecule has 1 aromatic rings. The van der Waals surface area contributed by atoms with E-state index in [0.717, 1.165) is 18.6 Å². The molecule has 0 N–H and O–H groups in total. The molecule has 2 radical (unpaired) electrons. The zero-order valence-electron chi connectivity index (χ0n) is 6.25. The third-order valence-corrected chi connectivity index (χ3v) is 2.34. The van der Waals surface area contributed by atoms with Crippen LogP contribution in [0.2, 0.25) is 0 Å². The Balaban J connectivity index is 2.43. The molecule has 1 aliphatic rings. The van der Waals surface area contributed by atoms with Gasteiger partial charge in [0.25, 0.3) is 0 Å². The molecule has 0 amide bonds. The van der Waals surface area contributed by atoms with Crippen molar-refractivity contribution in [3.05, 3.63) is 29.3 Å². The quantitative estimate of drug-likeness (QED) is 0.397. The molecule has 3 heteroatoms. The first-order valence-electron chi connectivity index (χ1n) is 3.62. The maximum atomic E-state index is 5.65. The Hall–Kier alpha value is -0.325. The van der Waals surface area contributed by atoms with E-state index in [1.165, 1.54) is 11.1 Å². The van der Waals surface area contributed by atoms with Gasteiger partial charge in [0.15, 0.2) is 0 Å². The van der Waals surface area contributed by atoms with Gasteiger partial charge in [-0.15, -0.1) is 0 Å². The molecule has 2 rings (SSSR count). The topological polar surface area (TPSA) is 3.24 Å². The Morgan fingerprint density at radius 2 is 2.00 bits per heavy atom. The maximum Gasteiger partial charge on any atom is 0.113 e. The normalized spacial score (nSPS) is 16.8. The van der Waals surface area contributed by atoms with Crippen molar-refractivity contribution in [2.24, 2.45) is 0 Å². The summed E-state index contributed by atoms with van der Waals surface area (Å²) in [6.07, 6.45) is 0. The fraction of sp³-hybridized carbons (Fsp3) is 0.250. The average Bonchev–Trinajstić information content (AvgIpc) is 2.27. The first-order chi connectivity index (χ1) is 5.25. The molecule has 1 unspecified atom stereocenters. The molecule has 1 aromatic carbocycles. The van der Waals surface area contributed by atoms with E-state index in [4.69, 9.17) is 7.85 Å². The summed E-state index contributed by atoms with van der Waals surface area (Å²) in [5, 5.41) is 0. The smallest absolute Gasteiger partial charge is 0.113 e. The molecule has 0 aromatic heterocycles. The highest BCUT2D eigenvalue weighted by molar-refractivity contribution is 7.13. The van der Waals surface area contributed by atoms with Crippen molar-refractivity contribution in [3.8, 4) is 0 Å². The molecule has 1 aliphatic heterocycles. The van der Waals surface area contributed by atoms with Crippen molar-refractivity contribution in [3.63, 3.8) is 0 Å². The van der Waals surface area contributed by atoms with E-state index >= 15 is 0 Å². The van der Waals surface area contributed by atoms with Gasteiger partial charge >= 0.3 is 0 Å². The summed E-state index contributed by atoms with van der Waals surface area (Å²) in [7, 11) is 8.36. The second-order valence-corrected chi connectivity index (χ2v) is 3.66. The van der Waals surface area contributed by atoms with Gasteiger partial charge < -0.3 is 0 Å². The lowest BCUT2D eigenvalue weighted by Gasteiger charge is -2.02. The Morgan fingerprint density at radius 1 is 1.27 bits per heavy atom. The number of hydrogen-bond donors (Lipinski definition) is 0. The SMILES string of the molecule is [B]c1ccc2c(c1)CN(P)C2. The molecule has 11 heavy (non-hydrogen) atoms. The maximum absolute atomic E-state index is 5.65. The zero-order valence-corrected chi connectivity index (χ0v) is 7.40. The van der Waals surface area contributed by atoms with Gasteiger partial charge in [0.05, 0.1) is 0 Å². The number of benzene rings is 1.